The normalized spacial score (nSPS) is 23.0. The zero-order valence-corrected chi connectivity index (χ0v) is 27.6. The molecule has 0 spiro atoms. The Kier molecular flexibility index (Phi) is 10.2. The summed E-state index contributed by atoms with van der Waals surface area (Å²) in [5.74, 6) is 1.06. The van der Waals surface area contributed by atoms with Crippen molar-refractivity contribution in [3.05, 3.63) is 134 Å². The van der Waals surface area contributed by atoms with E-state index in [2.05, 4.69) is 96.5 Å². The van der Waals surface area contributed by atoms with Crippen molar-refractivity contribution in [2.24, 2.45) is 5.92 Å². The lowest BCUT2D eigenvalue weighted by atomic mass is 9.82. The minimum atomic E-state index is -0.253. The molecule has 1 fully saturated rings. The summed E-state index contributed by atoms with van der Waals surface area (Å²) in [6, 6.07) is 31.7. The SMILES string of the molecule is CC[C@H]1OC(c2cc(Cc3ccc(OC)cc3)c(Br)c3c2CCC3)[C@H](OCc2ccccc2)[C@@H](OCc2ccccc2)[C@@H]1C. The van der Waals surface area contributed by atoms with Crippen LogP contribution in [0.2, 0.25) is 0 Å². The van der Waals surface area contributed by atoms with Crippen LogP contribution < -0.4 is 4.74 Å². The van der Waals surface area contributed by atoms with Gasteiger partial charge < -0.3 is 18.9 Å². The first-order valence-electron chi connectivity index (χ1n) is 16.0. The van der Waals surface area contributed by atoms with Gasteiger partial charge in [-0.3, -0.25) is 0 Å². The molecule has 1 aliphatic carbocycles. The Labute approximate surface area is 270 Å². The van der Waals surface area contributed by atoms with E-state index in [9.17, 15) is 0 Å². The highest BCUT2D eigenvalue weighted by Gasteiger charge is 2.46. The van der Waals surface area contributed by atoms with E-state index in [0.717, 1.165) is 43.4 Å². The zero-order valence-electron chi connectivity index (χ0n) is 26.0. The molecule has 6 rings (SSSR count). The van der Waals surface area contributed by atoms with Crippen LogP contribution in [-0.4, -0.2) is 25.4 Å². The van der Waals surface area contributed by atoms with Crippen LogP contribution in [0.3, 0.4) is 0 Å². The van der Waals surface area contributed by atoms with E-state index in [4.69, 9.17) is 18.9 Å². The number of benzene rings is 4. The Morgan fingerprint density at radius 1 is 0.773 bits per heavy atom. The average molecular weight is 656 g/mol. The van der Waals surface area contributed by atoms with Crippen LogP contribution >= 0.6 is 15.9 Å². The van der Waals surface area contributed by atoms with Crippen molar-refractivity contribution in [2.75, 3.05) is 7.11 Å². The Bertz CT molecular complexity index is 1510. The van der Waals surface area contributed by atoms with Crippen molar-refractivity contribution < 1.29 is 18.9 Å². The first-order chi connectivity index (χ1) is 21.6. The van der Waals surface area contributed by atoms with Crippen LogP contribution in [0.5, 0.6) is 5.75 Å². The molecule has 0 N–H and O–H groups in total. The Hall–Kier alpha value is -2.96. The standard InChI is InChI=1S/C39H43BrO4/c1-4-35-26(2)37(42-24-28-12-7-5-8-13-28)39(43-25-29-14-9-6-10-15-29)38(44-35)34-23-30(36(40)33-17-11-16-32(33)34)22-27-18-20-31(41-3)21-19-27/h5-10,12-15,18-21,23,26,35,37-39H,4,11,16-17,22,24-25H2,1-3H3/t26-,35-,37+,38?,39-/m1/s1. The molecule has 1 aliphatic heterocycles. The van der Waals surface area contributed by atoms with Crippen LogP contribution in [0.15, 0.2) is 95.5 Å². The van der Waals surface area contributed by atoms with Gasteiger partial charge in [-0.2, -0.15) is 0 Å². The van der Waals surface area contributed by atoms with Crippen LogP contribution in [0, 0.1) is 5.92 Å². The molecule has 0 amide bonds. The number of halogens is 1. The third-order valence-electron chi connectivity index (χ3n) is 9.32. The van der Waals surface area contributed by atoms with Gasteiger partial charge in [0, 0.05) is 10.4 Å². The van der Waals surface area contributed by atoms with Crippen molar-refractivity contribution in [1.29, 1.82) is 0 Å². The third-order valence-corrected chi connectivity index (χ3v) is 10.3. The maximum absolute atomic E-state index is 7.08. The van der Waals surface area contributed by atoms with Crippen molar-refractivity contribution in [2.45, 2.75) is 83.6 Å². The molecular formula is C39H43BrO4. The predicted octanol–water partition coefficient (Wildman–Crippen LogP) is 9.19. The Morgan fingerprint density at radius 2 is 1.39 bits per heavy atom. The summed E-state index contributed by atoms with van der Waals surface area (Å²) in [6.45, 7) is 5.54. The van der Waals surface area contributed by atoms with Gasteiger partial charge in [0.25, 0.3) is 0 Å². The molecule has 2 aliphatic rings. The molecule has 4 nitrogen and oxygen atoms in total. The second-order valence-corrected chi connectivity index (χ2v) is 13.0. The summed E-state index contributed by atoms with van der Waals surface area (Å²) in [7, 11) is 1.71. The van der Waals surface area contributed by atoms with Gasteiger partial charge in [-0.25, -0.2) is 0 Å². The summed E-state index contributed by atoms with van der Waals surface area (Å²) in [5, 5.41) is 0. The maximum Gasteiger partial charge on any atom is 0.118 e. The first kappa shape index (κ1) is 31.0. The lowest BCUT2D eigenvalue weighted by molar-refractivity contribution is -0.235. The molecule has 0 aromatic heterocycles. The average Bonchev–Trinajstić information content (AvgIpc) is 3.57. The van der Waals surface area contributed by atoms with Gasteiger partial charge in [-0.1, -0.05) is 109 Å². The summed E-state index contributed by atoms with van der Waals surface area (Å²) < 4.78 is 27.5. The summed E-state index contributed by atoms with van der Waals surface area (Å²) in [4.78, 5) is 0. The second-order valence-electron chi connectivity index (χ2n) is 12.2. The molecule has 4 aromatic rings. The number of rotatable bonds is 11. The Balaban J connectivity index is 1.39. The highest BCUT2D eigenvalue weighted by atomic mass is 79.9. The minimum absolute atomic E-state index is 0.0723. The summed E-state index contributed by atoms with van der Waals surface area (Å²) >= 11 is 4.03. The molecule has 5 atom stereocenters. The predicted molar refractivity (Wildman–Crippen MR) is 179 cm³/mol. The van der Waals surface area contributed by atoms with Crippen LogP contribution in [0.4, 0.5) is 0 Å². The van der Waals surface area contributed by atoms with E-state index >= 15 is 0 Å². The lowest BCUT2D eigenvalue weighted by Crippen LogP contribution is -2.52. The van der Waals surface area contributed by atoms with Crippen molar-refractivity contribution in [3.8, 4) is 5.75 Å². The maximum atomic E-state index is 7.08. The van der Waals surface area contributed by atoms with E-state index in [0.29, 0.717) is 13.2 Å². The molecule has 230 valence electrons. The molecule has 0 bridgehead atoms. The third kappa shape index (κ3) is 6.82. The van der Waals surface area contributed by atoms with Crippen molar-refractivity contribution in [1.82, 2.24) is 0 Å². The second kappa shape index (κ2) is 14.4. The molecule has 1 unspecified atom stereocenters. The molecule has 0 radical (unpaired) electrons. The zero-order chi connectivity index (χ0) is 30.5. The van der Waals surface area contributed by atoms with E-state index in [1.807, 2.05) is 24.3 Å². The number of methoxy groups -OCH3 is 1. The van der Waals surface area contributed by atoms with E-state index in [1.165, 1.54) is 37.9 Å². The fourth-order valence-electron chi connectivity index (χ4n) is 6.94. The molecule has 44 heavy (non-hydrogen) atoms. The Morgan fingerprint density at radius 3 is 2.00 bits per heavy atom. The van der Waals surface area contributed by atoms with Gasteiger partial charge in [0.2, 0.25) is 0 Å². The number of fused-ring (bicyclic) bond motifs is 1. The fourth-order valence-corrected chi connectivity index (χ4v) is 7.63. The van der Waals surface area contributed by atoms with E-state index in [1.54, 1.807) is 7.11 Å². The summed E-state index contributed by atoms with van der Waals surface area (Å²) in [6.07, 6.45) is 4.50. The molecule has 5 heteroatoms. The highest BCUT2D eigenvalue weighted by Crippen LogP contribution is 2.45. The minimum Gasteiger partial charge on any atom is -0.497 e. The smallest absolute Gasteiger partial charge is 0.118 e. The number of hydrogen-bond donors (Lipinski definition) is 0. The molecule has 1 heterocycles. The van der Waals surface area contributed by atoms with Gasteiger partial charge in [0.15, 0.2) is 0 Å². The largest absolute Gasteiger partial charge is 0.497 e. The van der Waals surface area contributed by atoms with Crippen LogP contribution in [-0.2, 0) is 46.7 Å². The number of hydrogen-bond acceptors (Lipinski definition) is 4. The van der Waals surface area contributed by atoms with Crippen LogP contribution in [0.25, 0.3) is 0 Å². The fraction of sp³-hybridized carbons (Fsp3) is 0.385. The quantitative estimate of drug-likeness (QED) is 0.162. The van der Waals surface area contributed by atoms with E-state index < -0.39 is 0 Å². The van der Waals surface area contributed by atoms with Gasteiger partial charge in [-0.05, 0) is 83.2 Å². The van der Waals surface area contributed by atoms with Crippen LogP contribution in [0.1, 0.15) is 71.7 Å². The van der Waals surface area contributed by atoms with Gasteiger partial charge in [0.1, 0.15) is 18.0 Å². The lowest BCUT2D eigenvalue weighted by Gasteiger charge is -2.46. The monoisotopic (exact) mass is 654 g/mol. The molecule has 4 aromatic carbocycles. The number of ether oxygens (including phenoxy) is 4. The van der Waals surface area contributed by atoms with Crippen molar-refractivity contribution in [3.63, 3.8) is 0 Å². The topological polar surface area (TPSA) is 36.9 Å². The van der Waals surface area contributed by atoms with Gasteiger partial charge in [-0.15, -0.1) is 0 Å². The van der Waals surface area contributed by atoms with Gasteiger partial charge >= 0.3 is 0 Å². The molecular weight excluding hydrogens is 612 g/mol. The molecule has 1 saturated heterocycles. The highest BCUT2D eigenvalue weighted by molar-refractivity contribution is 9.10. The molecule has 0 saturated carbocycles. The van der Waals surface area contributed by atoms with Gasteiger partial charge in [0.05, 0.1) is 32.5 Å². The first-order valence-corrected chi connectivity index (χ1v) is 16.8. The van der Waals surface area contributed by atoms with Crippen molar-refractivity contribution >= 4 is 15.9 Å². The van der Waals surface area contributed by atoms with E-state index in [-0.39, 0.29) is 30.3 Å². The summed E-state index contributed by atoms with van der Waals surface area (Å²) in [5.41, 5.74) is 8.96.